The highest BCUT2D eigenvalue weighted by molar-refractivity contribution is 5.83. The molecule has 2 rings (SSSR count). The number of carbonyl (C=O) groups is 1. The molecule has 0 radical (unpaired) electrons. The fourth-order valence-corrected chi connectivity index (χ4v) is 1.99. The first-order valence-electron chi connectivity index (χ1n) is 7.47. The molecule has 0 saturated carbocycles. The smallest absolute Gasteiger partial charge is 0.336 e. The van der Waals surface area contributed by atoms with Crippen molar-refractivity contribution in [3.05, 3.63) is 65.1 Å². The van der Waals surface area contributed by atoms with E-state index < -0.39 is 11.0 Å². The monoisotopic (exact) mass is 312 g/mol. The van der Waals surface area contributed by atoms with Crippen molar-refractivity contribution in [1.29, 1.82) is 0 Å². The Morgan fingerprint density at radius 2 is 1.96 bits per heavy atom. The van der Waals surface area contributed by atoms with E-state index in [0.717, 1.165) is 11.8 Å². The van der Waals surface area contributed by atoms with Gasteiger partial charge in [-0.15, -0.1) is 0 Å². The minimum absolute atomic E-state index is 0.353. The lowest BCUT2D eigenvalue weighted by Gasteiger charge is -2.18. The summed E-state index contributed by atoms with van der Waals surface area (Å²) in [7, 11) is 0. The Morgan fingerprint density at radius 3 is 2.70 bits per heavy atom. The van der Waals surface area contributed by atoms with E-state index in [9.17, 15) is 9.59 Å². The van der Waals surface area contributed by atoms with Gasteiger partial charge in [-0.2, -0.15) is 0 Å². The molecule has 0 spiro atoms. The van der Waals surface area contributed by atoms with Gasteiger partial charge < -0.3 is 9.15 Å². The molecule has 0 atom stereocenters. The number of hydrogen-bond acceptors (Lipinski definition) is 4. The van der Waals surface area contributed by atoms with Crippen molar-refractivity contribution >= 4 is 16.9 Å². The van der Waals surface area contributed by atoms with Crippen LogP contribution in [0.3, 0.4) is 0 Å². The Hall–Kier alpha value is -2.62. The highest BCUT2D eigenvalue weighted by atomic mass is 16.5. The summed E-state index contributed by atoms with van der Waals surface area (Å²) in [6, 6.07) is 8.00. The predicted molar refractivity (Wildman–Crippen MR) is 90.5 cm³/mol. The third-order valence-corrected chi connectivity index (χ3v) is 3.37. The van der Waals surface area contributed by atoms with E-state index in [1.165, 1.54) is 6.07 Å². The average Bonchev–Trinajstić information content (AvgIpc) is 2.51. The molecule has 0 bridgehead atoms. The maximum atomic E-state index is 12.3. The molecule has 23 heavy (non-hydrogen) atoms. The molecular weight excluding hydrogens is 292 g/mol. The van der Waals surface area contributed by atoms with E-state index in [-0.39, 0.29) is 5.97 Å². The second-order valence-electron chi connectivity index (χ2n) is 5.77. The molecule has 0 fully saturated rings. The zero-order valence-electron chi connectivity index (χ0n) is 13.5. The second kappa shape index (κ2) is 7.09. The Bertz CT molecular complexity index is 809. The molecule has 1 aromatic carbocycles. The van der Waals surface area contributed by atoms with Crippen LogP contribution in [0.25, 0.3) is 11.0 Å². The van der Waals surface area contributed by atoms with Gasteiger partial charge in [-0.05, 0) is 45.4 Å². The van der Waals surface area contributed by atoms with Gasteiger partial charge in [-0.3, -0.25) is 4.79 Å². The third kappa shape index (κ3) is 4.42. The molecule has 0 unspecified atom stereocenters. The Balaban J connectivity index is 2.15. The Labute approximate surface area is 135 Å². The minimum Gasteiger partial charge on any atom is -0.426 e. The topological polar surface area (TPSA) is 56.5 Å². The molecule has 2 aromatic rings. The van der Waals surface area contributed by atoms with Gasteiger partial charge in [0, 0.05) is 17.5 Å². The summed E-state index contributed by atoms with van der Waals surface area (Å²) < 4.78 is 10.5. The summed E-state index contributed by atoms with van der Waals surface area (Å²) >= 11 is 0. The van der Waals surface area contributed by atoms with E-state index in [2.05, 4.69) is 0 Å². The third-order valence-electron chi connectivity index (χ3n) is 3.37. The molecular formula is C19H20O4. The lowest BCUT2D eigenvalue weighted by atomic mass is 9.93. The van der Waals surface area contributed by atoms with Crippen LogP contribution in [0.1, 0.15) is 27.2 Å². The first kappa shape index (κ1) is 16.7. The fraction of sp³-hybridized carbons (Fsp3) is 0.263. The molecule has 0 N–H and O–H groups in total. The van der Waals surface area contributed by atoms with Crippen molar-refractivity contribution < 1.29 is 13.9 Å². The van der Waals surface area contributed by atoms with Crippen LogP contribution in [0.2, 0.25) is 0 Å². The average molecular weight is 312 g/mol. The minimum atomic E-state index is -0.742. The number of fused-ring (bicyclic) bond motifs is 1. The number of hydrogen-bond donors (Lipinski definition) is 0. The summed E-state index contributed by atoms with van der Waals surface area (Å²) in [6.07, 6.45) is 8.49. The number of esters is 1. The molecule has 0 saturated heterocycles. The van der Waals surface area contributed by atoms with Crippen LogP contribution in [0, 0.1) is 5.41 Å². The van der Waals surface area contributed by atoms with Crippen molar-refractivity contribution in [2.45, 2.75) is 27.2 Å². The van der Waals surface area contributed by atoms with E-state index in [0.29, 0.717) is 11.3 Å². The van der Waals surface area contributed by atoms with Crippen LogP contribution in [0.5, 0.6) is 5.75 Å². The quantitative estimate of drug-likeness (QED) is 0.358. The number of benzene rings is 1. The largest absolute Gasteiger partial charge is 0.426 e. The van der Waals surface area contributed by atoms with Crippen LogP contribution in [0.4, 0.5) is 0 Å². The molecule has 0 amide bonds. The van der Waals surface area contributed by atoms with Crippen LogP contribution in [-0.2, 0) is 4.79 Å². The van der Waals surface area contributed by atoms with Gasteiger partial charge in [-0.25, -0.2) is 4.79 Å². The number of allylic oxidation sites excluding steroid dienone is 3. The van der Waals surface area contributed by atoms with Crippen molar-refractivity contribution in [2.24, 2.45) is 5.41 Å². The molecule has 4 nitrogen and oxygen atoms in total. The van der Waals surface area contributed by atoms with Gasteiger partial charge >= 0.3 is 11.6 Å². The summed E-state index contributed by atoms with van der Waals surface area (Å²) in [5, 5.41) is 0.773. The lowest BCUT2D eigenvalue weighted by molar-refractivity contribution is -0.141. The molecule has 0 aliphatic rings. The maximum Gasteiger partial charge on any atom is 0.336 e. The zero-order chi connectivity index (χ0) is 16.9. The van der Waals surface area contributed by atoms with Crippen molar-refractivity contribution in [3.8, 4) is 5.75 Å². The maximum absolute atomic E-state index is 12.3. The first-order chi connectivity index (χ1) is 10.9. The summed E-state index contributed by atoms with van der Waals surface area (Å²) in [5.74, 6) is -0.0152. The molecule has 0 aliphatic heterocycles. The van der Waals surface area contributed by atoms with Gasteiger partial charge in [0.1, 0.15) is 11.3 Å². The molecule has 0 aliphatic carbocycles. The van der Waals surface area contributed by atoms with Crippen LogP contribution in [0.15, 0.2) is 63.8 Å². The molecule has 1 aromatic heterocycles. The van der Waals surface area contributed by atoms with E-state index in [1.807, 2.05) is 31.2 Å². The van der Waals surface area contributed by atoms with Gasteiger partial charge in [0.05, 0.1) is 5.41 Å². The summed E-state index contributed by atoms with van der Waals surface area (Å²) in [4.78, 5) is 23.6. The molecule has 120 valence electrons. The standard InChI is InChI=1S/C19H20O4/c1-4-5-6-7-12-19(2,3)18(21)22-15-10-8-14-9-11-17(20)23-16(14)13-15/h4-5,7-13H,6H2,1-3H3/b5-4+,12-7+. The normalized spacial score (nSPS) is 12.3. The second-order valence-corrected chi connectivity index (χ2v) is 5.77. The van der Waals surface area contributed by atoms with E-state index >= 15 is 0 Å². The highest BCUT2D eigenvalue weighted by Crippen LogP contribution is 2.24. The van der Waals surface area contributed by atoms with Gasteiger partial charge in [-0.1, -0.05) is 24.3 Å². The number of rotatable bonds is 5. The SMILES string of the molecule is C/C=C/C/C=C/C(C)(C)C(=O)Oc1ccc2ccc(=O)oc2c1. The zero-order valence-corrected chi connectivity index (χ0v) is 13.5. The van der Waals surface area contributed by atoms with Gasteiger partial charge in [0.2, 0.25) is 0 Å². The van der Waals surface area contributed by atoms with Crippen LogP contribution < -0.4 is 10.4 Å². The van der Waals surface area contributed by atoms with Crippen molar-refractivity contribution in [2.75, 3.05) is 0 Å². The number of ether oxygens (including phenoxy) is 1. The first-order valence-corrected chi connectivity index (χ1v) is 7.47. The van der Waals surface area contributed by atoms with Crippen molar-refractivity contribution in [3.63, 3.8) is 0 Å². The fourth-order valence-electron chi connectivity index (χ4n) is 1.99. The van der Waals surface area contributed by atoms with Crippen LogP contribution in [-0.4, -0.2) is 5.97 Å². The lowest BCUT2D eigenvalue weighted by Crippen LogP contribution is -2.26. The van der Waals surface area contributed by atoms with Crippen LogP contribution >= 0.6 is 0 Å². The highest BCUT2D eigenvalue weighted by Gasteiger charge is 2.26. The Morgan fingerprint density at radius 1 is 1.22 bits per heavy atom. The molecule has 1 heterocycles. The summed E-state index contributed by atoms with van der Waals surface area (Å²) in [5.41, 5.74) is -0.786. The van der Waals surface area contributed by atoms with E-state index in [1.54, 1.807) is 38.1 Å². The van der Waals surface area contributed by atoms with E-state index in [4.69, 9.17) is 9.15 Å². The summed E-state index contributed by atoms with van der Waals surface area (Å²) in [6.45, 7) is 5.54. The molecule has 4 heteroatoms. The van der Waals surface area contributed by atoms with Gasteiger partial charge in [0.15, 0.2) is 0 Å². The predicted octanol–water partition coefficient (Wildman–Crippen LogP) is 4.25. The Kier molecular flexibility index (Phi) is 5.16. The van der Waals surface area contributed by atoms with Gasteiger partial charge in [0.25, 0.3) is 0 Å². The van der Waals surface area contributed by atoms with Crippen molar-refractivity contribution in [1.82, 2.24) is 0 Å². The number of carbonyl (C=O) groups excluding carboxylic acids is 1.